The fourth-order valence-corrected chi connectivity index (χ4v) is 7.93. The smallest absolute Gasteiger partial charge is 0.306 e. The maximum absolute atomic E-state index is 12.8. The molecule has 0 saturated heterocycles. The number of hydrogen-bond donors (Lipinski definition) is 0. The van der Waals surface area contributed by atoms with Crippen LogP contribution >= 0.6 is 7.82 Å². The summed E-state index contributed by atoms with van der Waals surface area (Å²) in [6.45, 7) is 3.91. The summed E-state index contributed by atoms with van der Waals surface area (Å²) < 4.78 is 34.0. The molecule has 0 fully saturated rings. The van der Waals surface area contributed by atoms with Crippen LogP contribution in [0.5, 0.6) is 0 Å². The van der Waals surface area contributed by atoms with E-state index in [0.717, 1.165) is 128 Å². The molecule has 0 rings (SSSR count). The molecule has 0 aliphatic carbocycles. The van der Waals surface area contributed by atoms with Gasteiger partial charge in [-0.25, -0.2) is 0 Å². The van der Waals surface area contributed by atoms with Crippen LogP contribution in [-0.4, -0.2) is 70.0 Å². The third kappa shape index (κ3) is 60.6. The second-order valence-corrected chi connectivity index (χ2v) is 21.7. The summed E-state index contributed by atoms with van der Waals surface area (Å²) >= 11 is 0. The highest BCUT2D eigenvalue weighted by Crippen LogP contribution is 2.38. The Bertz CT molecular complexity index is 1920. The number of phosphoric acid groups is 1. The number of nitrogens with zero attached hydrogens (tertiary/aromatic N) is 1. The van der Waals surface area contributed by atoms with Crippen molar-refractivity contribution in [2.24, 2.45) is 0 Å². The molecule has 10 heteroatoms. The number of carbonyl (C=O) groups excluding carboxylic acids is 2. The van der Waals surface area contributed by atoms with Crippen LogP contribution in [0.1, 0.15) is 194 Å². The zero-order valence-electron chi connectivity index (χ0n) is 49.5. The molecule has 0 aromatic heterocycles. The number of quaternary nitrogens is 1. The van der Waals surface area contributed by atoms with Gasteiger partial charge in [0.05, 0.1) is 27.7 Å². The minimum atomic E-state index is -4.66. The molecular formula is C68H108NO8P. The van der Waals surface area contributed by atoms with Gasteiger partial charge >= 0.3 is 11.9 Å². The SMILES string of the molecule is CC/C=C\C/C=C\C/C=C\C/C=C\C/C=C\C/C=C\C/C=C\C/C=C\C/C=C\C/C=C\CCCCCCCCCCC(=O)OC(COC(=O)CCCC/C=C\C/C=C\C/C=C\C/C=C\CC)COP(=O)([O-])OCC[N+](C)(C)C. The summed E-state index contributed by atoms with van der Waals surface area (Å²) in [4.78, 5) is 37.8. The van der Waals surface area contributed by atoms with Crippen molar-refractivity contribution in [2.75, 3.05) is 47.5 Å². The quantitative estimate of drug-likeness (QED) is 0.0195. The van der Waals surface area contributed by atoms with Gasteiger partial charge in [0.15, 0.2) is 6.10 Å². The Hall–Kier alpha value is -4.63. The summed E-state index contributed by atoms with van der Waals surface area (Å²) in [5, 5.41) is 0. The lowest BCUT2D eigenvalue weighted by molar-refractivity contribution is -0.870. The first-order chi connectivity index (χ1) is 38.0. The number of ether oxygens (including phenoxy) is 2. The molecule has 78 heavy (non-hydrogen) atoms. The van der Waals surface area contributed by atoms with Gasteiger partial charge < -0.3 is 27.9 Å². The molecule has 0 saturated carbocycles. The molecule has 0 spiro atoms. The van der Waals surface area contributed by atoms with Crippen LogP contribution in [0.2, 0.25) is 0 Å². The maximum Gasteiger partial charge on any atom is 0.306 e. The summed E-state index contributed by atoms with van der Waals surface area (Å²) in [7, 11) is 1.11. The normalized spacial score (nSPS) is 14.5. The molecule has 0 N–H and O–H groups in total. The molecule has 0 radical (unpaired) electrons. The van der Waals surface area contributed by atoms with E-state index in [-0.39, 0.29) is 26.1 Å². The first kappa shape index (κ1) is 73.4. The Morgan fingerprint density at radius 2 is 0.692 bits per heavy atom. The van der Waals surface area contributed by atoms with Crippen molar-refractivity contribution in [3.63, 3.8) is 0 Å². The van der Waals surface area contributed by atoms with E-state index in [2.05, 4.69) is 184 Å². The molecule has 0 aliphatic rings. The van der Waals surface area contributed by atoms with Crippen molar-refractivity contribution in [3.05, 3.63) is 170 Å². The third-order valence-corrected chi connectivity index (χ3v) is 12.7. The molecule has 2 atom stereocenters. The minimum absolute atomic E-state index is 0.0488. The zero-order chi connectivity index (χ0) is 57.0. The second kappa shape index (κ2) is 57.1. The van der Waals surface area contributed by atoms with Crippen LogP contribution < -0.4 is 4.89 Å². The predicted octanol–water partition coefficient (Wildman–Crippen LogP) is 18.4. The molecule has 0 aromatic carbocycles. The lowest BCUT2D eigenvalue weighted by Crippen LogP contribution is -2.37. The average molecular weight is 1100 g/mol. The van der Waals surface area contributed by atoms with Crippen molar-refractivity contribution < 1.29 is 42.1 Å². The Morgan fingerprint density at radius 1 is 0.397 bits per heavy atom. The van der Waals surface area contributed by atoms with Gasteiger partial charge in [0.25, 0.3) is 7.82 Å². The van der Waals surface area contributed by atoms with Crippen molar-refractivity contribution >= 4 is 19.8 Å². The number of phosphoric ester groups is 1. The second-order valence-electron chi connectivity index (χ2n) is 20.2. The topological polar surface area (TPSA) is 111 Å². The number of esters is 2. The monoisotopic (exact) mass is 1100 g/mol. The number of allylic oxidation sites excluding steroid dienone is 28. The number of unbranched alkanes of at least 4 members (excludes halogenated alkanes) is 10. The maximum atomic E-state index is 12.8. The Labute approximate surface area is 477 Å². The predicted molar refractivity (Wildman–Crippen MR) is 332 cm³/mol. The van der Waals surface area contributed by atoms with E-state index in [4.69, 9.17) is 18.5 Å². The molecular weight excluding hydrogens is 990 g/mol. The molecule has 0 bridgehead atoms. The number of hydrogen-bond acceptors (Lipinski definition) is 8. The zero-order valence-corrected chi connectivity index (χ0v) is 50.4. The molecule has 0 heterocycles. The lowest BCUT2D eigenvalue weighted by Gasteiger charge is -2.28. The first-order valence-electron chi connectivity index (χ1n) is 29.8. The first-order valence-corrected chi connectivity index (χ1v) is 31.3. The standard InChI is InChI=1S/C68H108NO8P/c1-6-8-10-12-14-16-18-20-22-23-24-25-26-27-28-29-30-31-32-33-34-35-36-37-38-39-40-41-42-43-44-45-47-49-51-53-55-57-59-61-68(71)77-66(65-76-78(72,73)75-63-62-69(3,4)5)64-74-67(70)60-58-56-54-52-50-48-46-21-19-17-15-13-11-9-7-2/h8-11,14-17,20-22,24-25,27-28,30-31,33-34,36-37,39-40,42-43,46,50,52,66H,6-7,12-13,18-19,23,26,29,32,35,38,41,44-45,47-49,51,53-65H2,1-5H3/b10-8-,11-9-,16-14-,17-15-,22-20-,25-24-,28-27-,31-30-,34-33-,37-36-,40-39-,43-42-,46-21-,52-50-. The van der Waals surface area contributed by atoms with Crippen LogP contribution in [0.15, 0.2) is 170 Å². The summed E-state index contributed by atoms with van der Waals surface area (Å²) in [6, 6.07) is 0. The Balaban J connectivity index is 4.18. The van der Waals surface area contributed by atoms with Crippen molar-refractivity contribution in [2.45, 2.75) is 200 Å². The van der Waals surface area contributed by atoms with E-state index < -0.39 is 32.5 Å². The highest BCUT2D eigenvalue weighted by molar-refractivity contribution is 7.45. The molecule has 438 valence electrons. The molecule has 0 amide bonds. The largest absolute Gasteiger partial charge is 0.756 e. The van der Waals surface area contributed by atoms with Gasteiger partial charge in [0, 0.05) is 12.8 Å². The Kier molecular flexibility index (Phi) is 53.7. The van der Waals surface area contributed by atoms with Crippen LogP contribution in [-0.2, 0) is 32.7 Å². The van der Waals surface area contributed by atoms with Gasteiger partial charge in [-0.15, -0.1) is 0 Å². The van der Waals surface area contributed by atoms with Crippen LogP contribution in [0.4, 0.5) is 0 Å². The van der Waals surface area contributed by atoms with Gasteiger partial charge in [0.1, 0.15) is 19.8 Å². The summed E-state index contributed by atoms with van der Waals surface area (Å²) in [5.74, 6) is -0.907. The van der Waals surface area contributed by atoms with Gasteiger partial charge in [-0.3, -0.25) is 14.2 Å². The molecule has 0 aliphatic heterocycles. The minimum Gasteiger partial charge on any atom is -0.756 e. The van der Waals surface area contributed by atoms with Crippen molar-refractivity contribution in [3.8, 4) is 0 Å². The van der Waals surface area contributed by atoms with Gasteiger partial charge in [-0.05, 0) is 128 Å². The van der Waals surface area contributed by atoms with Gasteiger partial charge in [0.2, 0.25) is 0 Å². The van der Waals surface area contributed by atoms with E-state index in [9.17, 15) is 19.0 Å². The third-order valence-electron chi connectivity index (χ3n) is 11.7. The molecule has 2 unspecified atom stereocenters. The average Bonchev–Trinajstić information content (AvgIpc) is 3.41. The van der Waals surface area contributed by atoms with E-state index in [1.54, 1.807) is 0 Å². The Morgan fingerprint density at radius 3 is 1.05 bits per heavy atom. The van der Waals surface area contributed by atoms with E-state index in [0.29, 0.717) is 23.9 Å². The van der Waals surface area contributed by atoms with Crippen molar-refractivity contribution in [1.82, 2.24) is 0 Å². The summed E-state index contributed by atoms with van der Waals surface area (Å²) in [5.41, 5.74) is 0. The molecule has 0 aromatic rings. The van der Waals surface area contributed by atoms with E-state index in [1.165, 1.54) is 25.7 Å². The lowest BCUT2D eigenvalue weighted by atomic mass is 10.1. The number of carbonyl (C=O) groups is 2. The number of rotatable bonds is 52. The highest BCUT2D eigenvalue weighted by Gasteiger charge is 2.21. The molecule has 9 nitrogen and oxygen atoms in total. The van der Waals surface area contributed by atoms with Crippen LogP contribution in [0, 0.1) is 0 Å². The van der Waals surface area contributed by atoms with E-state index in [1.807, 2.05) is 21.1 Å². The van der Waals surface area contributed by atoms with Crippen LogP contribution in [0.3, 0.4) is 0 Å². The highest BCUT2D eigenvalue weighted by atomic mass is 31.2. The van der Waals surface area contributed by atoms with E-state index >= 15 is 0 Å². The van der Waals surface area contributed by atoms with Crippen LogP contribution in [0.25, 0.3) is 0 Å². The van der Waals surface area contributed by atoms with Gasteiger partial charge in [-0.2, -0.15) is 0 Å². The van der Waals surface area contributed by atoms with Crippen molar-refractivity contribution in [1.29, 1.82) is 0 Å². The fourth-order valence-electron chi connectivity index (χ4n) is 7.20. The number of likely N-dealkylation sites (N-methyl/N-ethyl adjacent to an activating group) is 1. The summed E-state index contributed by atoms with van der Waals surface area (Å²) in [6.07, 6.45) is 87.0. The van der Waals surface area contributed by atoms with Gasteiger partial charge in [-0.1, -0.05) is 223 Å². The fraction of sp³-hybridized carbons (Fsp3) is 0.559.